The van der Waals surface area contributed by atoms with Gasteiger partial charge in [-0.25, -0.2) is 0 Å². The fourth-order valence-electron chi connectivity index (χ4n) is 2.66. The van der Waals surface area contributed by atoms with Crippen molar-refractivity contribution >= 4 is 0 Å². The molecular weight excluding hydrogens is 248 g/mol. The van der Waals surface area contributed by atoms with E-state index in [1.165, 1.54) is 17.5 Å². The lowest BCUT2D eigenvalue weighted by Crippen LogP contribution is -2.34. The Hall–Kier alpha value is -1.02. The molecule has 0 spiro atoms. The Morgan fingerprint density at radius 2 is 1.75 bits per heavy atom. The van der Waals surface area contributed by atoms with E-state index < -0.39 is 0 Å². The van der Waals surface area contributed by atoms with E-state index in [4.69, 9.17) is 9.47 Å². The second kappa shape index (κ2) is 9.02. The van der Waals surface area contributed by atoms with E-state index in [1.54, 1.807) is 0 Å². The van der Waals surface area contributed by atoms with Gasteiger partial charge in [0.05, 0.1) is 6.10 Å². The molecule has 0 N–H and O–H groups in total. The highest BCUT2D eigenvalue weighted by Gasteiger charge is 2.30. The Kier molecular flexibility index (Phi) is 7.68. The molecule has 2 aliphatic rings. The highest BCUT2D eigenvalue weighted by atomic mass is 16.5. The number of benzene rings is 1. The lowest BCUT2D eigenvalue weighted by Gasteiger charge is -2.29. The maximum absolute atomic E-state index is 6.07. The van der Waals surface area contributed by atoms with Gasteiger partial charge in [-0.1, -0.05) is 39.8 Å². The molecule has 0 radical (unpaired) electrons. The van der Waals surface area contributed by atoms with E-state index >= 15 is 0 Å². The molecule has 2 nitrogen and oxygen atoms in total. The summed E-state index contributed by atoms with van der Waals surface area (Å²) in [5.74, 6) is 1.08. The molecule has 1 aromatic carbocycles. The molecule has 2 unspecified atom stereocenters. The third-order valence-electron chi connectivity index (χ3n) is 3.58. The Bertz CT molecular complexity index is 381. The highest BCUT2D eigenvalue weighted by molar-refractivity contribution is 5.38. The van der Waals surface area contributed by atoms with Crippen LogP contribution in [0.4, 0.5) is 0 Å². The van der Waals surface area contributed by atoms with Crippen LogP contribution in [0.1, 0.15) is 58.1 Å². The Morgan fingerprint density at radius 3 is 2.40 bits per heavy atom. The number of hydrogen-bond acceptors (Lipinski definition) is 2. The normalized spacial score (nSPS) is 23.4. The van der Waals surface area contributed by atoms with Crippen LogP contribution in [0.5, 0.6) is 5.75 Å². The molecular formula is C18H30O2. The first-order valence-corrected chi connectivity index (χ1v) is 8.21. The lowest BCUT2D eigenvalue weighted by molar-refractivity contribution is 0.00278. The molecule has 0 bridgehead atoms. The summed E-state index contributed by atoms with van der Waals surface area (Å²) in [6.07, 6.45) is 5.17. The molecule has 2 aliphatic heterocycles. The maximum atomic E-state index is 6.07. The summed E-state index contributed by atoms with van der Waals surface area (Å²) in [7, 11) is 0. The van der Waals surface area contributed by atoms with Gasteiger partial charge in [0, 0.05) is 6.61 Å². The summed E-state index contributed by atoms with van der Waals surface area (Å²) in [6, 6.07) is 6.50. The third kappa shape index (κ3) is 4.24. The molecule has 1 aromatic rings. The summed E-state index contributed by atoms with van der Waals surface area (Å²) in [6.45, 7) is 11.0. The van der Waals surface area contributed by atoms with Crippen molar-refractivity contribution in [3.63, 3.8) is 0 Å². The van der Waals surface area contributed by atoms with Gasteiger partial charge in [-0.3, -0.25) is 0 Å². The average Bonchev–Trinajstić information content (AvgIpc) is 3.05. The predicted octanol–water partition coefficient (Wildman–Crippen LogP) is 4.92. The molecule has 20 heavy (non-hydrogen) atoms. The second-order valence-corrected chi connectivity index (χ2v) is 4.86. The lowest BCUT2D eigenvalue weighted by atomic mass is 9.97. The molecule has 2 atom stereocenters. The topological polar surface area (TPSA) is 18.5 Å². The SMILES string of the molecule is CC.CC.Cc1ccc2c(c1)OC(C1CCCO1)CC2. The van der Waals surface area contributed by atoms with Gasteiger partial charge in [0.1, 0.15) is 11.9 Å². The zero-order valence-corrected chi connectivity index (χ0v) is 13.7. The fourth-order valence-corrected chi connectivity index (χ4v) is 2.66. The van der Waals surface area contributed by atoms with Crippen molar-refractivity contribution in [1.82, 2.24) is 0 Å². The zero-order valence-electron chi connectivity index (χ0n) is 13.7. The minimum atomic E-state index is 0.275. The molecule has 0 aromatic heterocycles. The molecule has 2 heteroatoms. The molecule has 2 heterocycles. The highest BCUT2D eigenvalue weighted by Crippen LogP contribution is 2.32. The first-order chi connectivity index (χ1) is 9.83. The predicted molar refractivity (Wildman–Crippen MR) is 85.6 cm³/mol. The van der Waals surface area contributed by atoms with Gasteiger partial charge >= 0.3 is 0 Å². The van der Waals surface area contributed by atoms with Crippen LogP contribution < -0.4 is 4.74 Å². The van der Waals surface area contributed by atoms with Crippen LogP contribution in [-0.2, 0) is 11.2 Å². The standard InChI is InChI=1S/C14H18O2.2C2H6/c1-10-4-5-11-6-7-13(16-14(11)9-10)12-3-2-8-15-12;2*1-2/h4-5,9,12-13H,2-3,6-8H2,1H3;2*1-2H3. The monoisotopic (exact) mass is 278 g/mol. The molecule has 1 fully saturated rings. The quantitative estimate of drug-likeness (QED) is 0.726. The van der Waals surface area contributed by atoms with Crippen molar-refractivity contribution in [2.75, 3.05) is 6.61 Å². The average molecular weight is 278 g/mol. The van der Waals surface area contributed by atoms with Crippen LogP contribution in [-0.4, -0.2) is 18.8 Å². The van der Waals surface area contributed by atoms with E-state index in [1.807, 2.05) is 27.7 Å². The maximum Gasteiger partial charge on any atom is 0.125 e. The largest absolute Gasteiger partial charge is 0.487 e. The van der Waals surface area contributed by atoms with Crippen LogP contribution in [0.25, 0.3) is 0 Å². The van der Waals surface area contributed by atoms with Crippen LogP contribution in [0.15, 0.2) is 18.2 Å². The van der Waals surface area contributed by atoms with E-state index in [0.717, 1.165) is 31.6 Å². The Balaban J connectivity index is 0.000000461. The smallest absolute Gasteiger partial charge is 0.125 e. The summed E-state index contributed by atoms with van der Waals surface area (Å²) in [5.41, 5.74) is 2.62. The summed E-state index contributed by atoms with van der Waals surface area (Å²) < 4.78 is 11.8. The Labute approximate surface area is 124 Å². The molecule has 114 valence electrons. The van der Waals surface area contributed by atoms with Crippen LogP contribution >= 0.6 is 0 Å². The van der Waals surface area contributed by atoms with Gasteiger partial charge in [-0.05, 0) is 49.8 Å². The van der Waals surface area contributed by atoms with Gasteiger partial charge in [0.2, 0.25) is 0 Å². The molecule has 1 saturated heterocycles. The minimum Gasteiger partial charge on any atom is -0.487 e. The number of aryl methyl sites for hydroxylation is 2. The van der Waals surface area contributed by atoms with Gasteiger partial charge in [-0.2, -0.15) is 0 Å². The third-order valence-corrected chi connectivity index (χ3v) is 3.58. The van der Waals surface area contributed by atoms with Crippen molar-refractivity contribution in [2.24, 2.45) is 0 Å². The number of rotatable bonds is 1. The van der Waals surface area contributed by atoms with Gasteiger partial charge in [0.15, 0.2) is 0 Å². The van der Waals surface area contributed by atoms with Gasteiger partial charge in [-0.15, -0.1) is 0 Å². The van der Waals surface area contributed by atoms with Gasteiger partial charge < -0.3 is 9.47 Å². The van der Waals surface area contributed by atoms with Crippen molar-refractivity contribution in [3.05, 3.63) is 29.3 Å². The summed E-state index contributed by atoms with van der Waals surface area (Å²) in [4.78, 5) is 0. The Morgan fingerprint density at radius 1 is 1.00 bits per heavy atom. The van der Waals surface area contributed by atoms with Crippen molar-refractivity contribution in [3.8, 4) is 5.75 Å². The molecule has 3 rings (SSSR count). The molecule has 0 saturated carbocycles. The first kappa shape index (κ1) is 17.0. The zero-order chi connectivity index (χ0) is 15.0. The second-order valence-electron chi connectivity index (χ2n) is 4.86. The van der Waals surface area contributed by atoms with Crippen LogP contribution in [0.3, 0.4) is 0 Å². The van der Waals surface area contributed by atoms with Crippen molar-refractivity contribution in [2.45, 2.75) is 72.5 Å². The molecule has 0 aliphatic carbocycles. The fraction of sp³-hybridized carbons (Fsp3) is 0.667. The number of ether oxygens (including phenoxy) is 2. The van der Waals surface area contributed by atoms with E-state index in [9.17, 15) is 0 Å². The summed E-state index contributed by atoms with van der Waals surface area (Å²) in [5, 5.41) is 0. The van der Waals surface area contributed by atoms with E-state index in [0.29, 0.717) is 6.10 Å². The summed E-state index contributed by atoms with van der Waals surface area (Å²) >= 11 is 0. The van der Waals surface area contributed by atoms with Crippen LogP contribution in [0, 0.1) is 6.92 Å². The van der Waals surface area contributed by atoms with Crippen LogP contribution in [0.2, 0.25) is 0 Å². The van der Waals surface area contributed by atoms with E-state index in [2.05, 4.69) is 25.1 Å². The number of fused-ring (bicyclic) bond motifs is 1. The number of hydrogen-bond donors (Lipinski definition) is 0. The van der Waals surface area contributed by atoms with Gasteiger partial charge in [0.25, 0.3) is 0 Å². The minimum absolute atomic E-state index is 0.275. The van der Waals surface area contributed by atoms with Crippen molar-refractivity contribution in [1.29, 1.82) is 0 Å². The first-order valence-electron chi connectivity index (χ1n) is 8.21. The van der Waals surface area contributed by atoms with Crippen molar-refractivity contribution < 1.29 is 9.47 Å². The van der Waals surface area contributed by atoms with E-state index in [-0.39, 0.29) is 6.10 Å². The molecule has 0 amide bonds.